The van der Waals surface area contributed by atoms with Crippen molar-refractivity contribution < 1.29 is 14.5 Å². The van der Waals surface area contributed by atoms with Crippen molar-refractivity contribution in [2.24, 2.45) is 0 Å². The van der Waals surface area contributed by atoms with Gasteiger partial charge in [-0.2, -0.15) is 0 Å². The number of morpholine rings is 1. The van der Waals surface area contributed by atoms with Crippen molar-refractivity contribution in [2.75, 3.05) is 39.4 Å². The molecule has 39 heavy (non-hydrogen) atoms. The first kappa shape index (κ1) is 26.9. The van der Waals surface area contributed by atoms with E-state index in [1.54, 1.807) is 12.1 Å². The van der Waals surface area contributed by atoms with Crippen molar-refractivity contribution in [3.8, 4) is 0 Å². The third-order valence-corrected chi connectivity index (χ3v) is 7.45. The predicted octanol–water partition coefficient (Wildman–Crippen LogP) is 5.22. The van der Waals surface area contributed by atoms with Crippen LogP contribution in [0.4, 0.5) is 5.69 Å². The maximum atomic E-state index is 13.2. The molecule has 0 aliphatic carbocycles. The number of nitrogens with zero attached hydrogens (tertiary/aromatic N) is 3. The standard InChI is InChI=1S/C30H31ClN4O4/c31-24-8-6-23(7-9-24)26(19-30(36)32-12-13-33-14-16-39-17-15-33)28-21-34(20-22-4-2-1-3-5-22)29-11-10-25(35(37)38)18-27(28)29/h1-11,18,21,26H,12-17,19-20H2,(H,32,36)/t26-/m0/s1. The van der Waals surface area contributed by atoms with Crippen molar-refractivity contribution in [3.63, 3.8) is 0 Å². The second-order valence-corrected chi connectivity index (χ2v) is 10.2. The van der Waals surface area contributed by atoms with E-state index in [9.17, 15) is 14.9 Å². The van der Waals surface area contributed by atoms with Crippen molar-refractivity contribution in [1.82, 2.24) is 14.8 Å². The second kappa shape index (κ2) is 12.4. The van der Waals surface area contributed by atoms with E-state index in [1.165, 1.54) is 6.07 Å². The summed E-state index contributed by atoms with van der Waals surface area (Å²) in [4.78, 5) is 26.8. The Kier molecular flexibility index (Phi) is 8.56. The minimum absolute atomic E-state index is 0.0195. The summed E-state index contributed by atoms with van der Waals surface area (Å²) >= 11 is 6.18. The first-order chi connectivity index (χ1) is 19.0. The molecule has 1 saturated heterocycles. The van der Waals surface area contributed by atoms with Gasteiger partial charge >= 0.3 is 0 Å². The van der Waals surface area contributed by atoms with E-state index in [4.69, 9.17) is 16.3 Å². The van der Waals surface area contributed by atoms with Crippen molar-refractivity contribution in [2.45, 2.75) is 18.9 Å². The number of rotatable bonds is 10. The molecule has 1 N–H and O–H groups in total. The van der Waals surface area contributed by atoms with Gasteiger partial charge in [-0.1, -0.05) is 54.1 Å². The number of hydrogen-bond donors (Lipinski definition) is 1. The fourth-order valence-corrected chi connectivity index (χ4v) is 5.28. The quantitative estimate of drug-likeness (QED) is 0.217. The van der Waals surface area contributed by atoms with Crippen LogP contribution >= 0.6 is 11.6 Å². The summed E-state index contributed by atoms with van der Waals surface area (Å²) in [6.45, 7) is 5.08. The van der Waals surface area contributed by atoms with Gasteiger partial charge in [0.25, 0.3) is 5.69 Å². The van der Waals surface area contributed by atoms with Gasteiger partial charge in [0.1, 0.15) is 0 Å². The Morgan fingerprint density at radius 1 is 1.05 bits per heavy atom. The Labute approximate surface area is 232 Å². The highest BCUT2D eigenvalue weighted by atomic mass is 35.5. The first-order valence-corrected chi connectivity index (χ1v) is 13.5. The van der Waals surface area contributed by atoms with Crippen LogP contribution < -0.4 is 5.32 Å². The van der Waals surface area contributed by atoms with E-state index in [-0.39, 0.29) is 28.9 Å². The molecule has 1 amide bonds. The maximum absolute atomic E-state index is 13.2. The zero-order valence-corrected chi connectivity index (χ0v) is 22.3. The van der Waals surface area contributed by atoms with Gasteiger partial charge in [-0.05, 0) is 34.9 Å². The van der Waals surface area contributed by atoms with E-state index in [0.717, 1.165) is 47.2 Å². The lowest BCUT2D eigenvalue weighted by Gasteiger charge is -2.26. The summed E-state index contributed by atoms with van der Waals surface area (Å²) in [7, 11) is 0. The van der Waals surface area contributed by atoms with Crippen molar-refractivity contribution in [1.29, 1.82) is 0 Å². The fraction of sp³-hybridized carbons (Fsp3) is 0.300. The lowest BCUT2D eigenvalue weighted by molar-refractivity contribution is -0.384. The van der Waals surface area contributed by atoms with Crippen LogP contribution in [0.5, 0.6) is 0 Å². The number of amides is 1. The molecular weight excluding hydrogens is 516 g/mol. The molecule has 2 heterocycles. The van der Waals surface area contributed by atoms with Gasteiger partial charge in [-0.15, -0.1) is 0 Å². The number of carbonyl (C=O) groups excluding carboxylic acids is 1. The van der Waals surface area contributed by atoms with Crippen LogP contribution in [-0.2, 0) is 16.1 Å². The maximum Gasteiger partial charge on any atom is 0.270 e. The topological polar surface area (TPSA) is 89.6 Å². The monoisotopic (exact) mass is 546 g/mol. The number of nitro groups is 1. The molecule has 1 fully saturated rings. The molecule has 4 aromatic rings. The van der Waals surface area contributed by atoms with Crippen LogP contribution in [0.3, 0.4) is 0 Å². The third kappa shape index (κ3) is 6.65. The Morgan fingerprint density at radius 3 is 2.51 bits per heavy atom. The van der Waals surface area contributed by atoms with Crippen LogP contribution in [0.15, 0.2) is 79.0 Å². The van der Waals surface area contributed by atoms with Gasteiger partial charge in [0.15, 0.2) is 0 Å². The third-order valence-electron chi connectivity index (χ3n) is 7.19. The SMILES string of the molecule is O=C(C[C@@H](c1ccc(Cl)cc1)c1cn(Cc2ccccc2)c2ccc([N+](=O)[O-])cc12)NCCN1CCOCC1. The number of benzene rings is 3. The van der Waals surface area contributed by atoms with E-state index in [0.29, 0.717) is 31.3 Å². The summed E-state index contributed by atoms with van der Waals surface area (Å²) in [5.74, 6) is -0.384. The van der Waals surface area contributed by atoms with Gasteiger partial charge < -0.3 is 14.6 Å². The minimum Gasteiger partial charge on any atom is -0.379 e. The number of ether oxygens (including phenoxy) is 1. The van der Waals surface area contributed by atoms with Gasteiger partial charge in [0.2, 0.25) is 5.91 Å². The summed E-state index contributed by atoms with van der Waals surface area (Å²) in [5.41, 5.74) is 3.81. The Hall–Kier alpha value is -3.72. The van der Waals surface area contributed by atoms with E-state index >= 15 is 0 Å². The molecule has 0 radical (unpaired) electrons. The molecule has 1 aliphatic heterocycles. The molecule has 3 aromatic carbocycles. The zero-order chi connectivity index (χ0) is 27.2. The van der Waals surface area contributed by atoms with Crippen LogP contribution in [0, 0.1) is 10.1 Å². The van der Waals surface area contributed by atoms with Crippen molar-refractivity contribution >= 4 is 34.1 Å². The van der Waals surface area contributed by atoms with E-state index in [1.807, 2.05) is 48.7 Å². The summed E-state index contributed by atoms with van der Waals surface area (Å²) in [6.07, 6.45) is 2.24. The van der Waals surface area contributed by atoms with Crippen LogP contribution in [0.25, 0.3) is 10.9 Å². The van der Waals surface area contributed by atoms with E-state index < -0.39 is 0 Å². The van der Waals surface area contributed by atoms with Crippen LogP contribution in [0.1, 0.15) is 29.0 Å². The van der Waals surface area contributed by atoms with Crippen LogP contribution in [0.2, 0.25) is 5.02 Å². The minimum atomic E-state index is -0.382. The smallest absolute Gasteiger partial charge is 0.270 e. The Bertz CT molecular complexity index is 1430. The molecule has 1 atom stereocenters. The number of halogens is 1. The Morgan fingerprint density at radius 2 is 1.79 bits per heavy atom. The van der Waals surface area contributed by atoms with Gasteiger partial charge in [0.05, 0.1) is 18.1 Å². The molecule has 202 valence electrons. The lowest BCUT2D eigenvalue weighted by atomic mass is 9.88. The van der Waals surface area contributed by atoms with Gasteiger partial charge in [-0.3, -0.25) is 19.8 Å². The average Bonchev–Trinajstić information content (AvgIpc) is 3.30. The molecule has 5 rings (SSSR count). The second-order valence-electron chi connectivity index (χ2n) is 9.77. The number of fused-ring (bicyclic) bond motifs is 1. The predicted molar refractivity (Wildman–Crippen MR) is 152 cm³/mol. The number of aromatic nitrogens is 1. The van der Waals surface area contributed by atoms with Crippen molar-refractivity contribution in [3.05, 3.63) is 111 Å². The molecule has 1 aromatic heterocycles. The lowest BCUT2D eigenvalue weighted by Crippen LogP contribution is -2.41. The van der Waals surface area contributed by atoms with E-state index in [2.05, 4.69) is 26.9 Å². The normalized spacial score (nSPS) is 14.8. The van der Waals surface area contributed by atoms with Gasteiger partial charge in [0, 0.05) is 79.3 Å². The summed E-state index contributed by atoms with van der Waals surface area (Å²) in [5, 5.41) is 16.1. The molecule has 9 heteroatoms. The first-order valence-electron chi connectivity index (χ1n) is 13.1. The highest BCUT2D eigenvalue weighted by Gasteiger charge is 2.24. The highest BCUT2D eigenvalue weighted by Crippen LogP contribution is 2.37. The summed E-state index contributed by atoms with van der Waals surface area (Å²) < 4.78 is 7.50. The molecule has 0 saturated carbocycles. The number of carbonyl (C=O) groups is 1. The average molecular weight is 547 g/mol. The largest absolute Gasteiger partial charge is 0.379 e. The molecule has 8 nitrogen and oxygen atoms in total. The number of nitrogens with one attached hydrogen (secondary N) is 1. The van der Waals surface area contributed by atoms with Gasteiger partial charge in [-0.25, -0.2) is 0 Å². The molecule has 0 bridgehead atoms. The number of hydrogen-bond acceptors (Lipinski definition) is 5. The zero-order valence-electron chi connectivity index (χ0n) is 21.6. The fourth-order valence-electron chi connectivity index (χ4n) is 5.15. The number of non-ortho nitro benzene ring substituents is 1. The summed E-state index contributed by atoms with van der Waals surface area (Å²) in [6, 6.07) is 22.5. The number of nitro benzene ring substituents is 1. The molecule has 0 spiro atoms. The van der Waals surface area contributed by atoms with Crippen LogP contribution in [-0.4, -0.2) is 59.7 Å². The molecule has 1 aliphatic rings. The molecule has 0 unspecified atom stereocenters. The Balaban J connectivity index is 1.48. The highest BCUT2D eigenvalue weighted by molar-refractivity contribution is 6.30. The molecular formula is C30H31ClN4O4.